The first kappa shape index (κ1) is 16.1. The fraction of sp³-hybridized carbons (Fsp3) is 0.235. The smallest absolute Gasteiger partial charge is 0.323 e. The molecular weight excluding hydrogens is 296 g/mol. The summed E-state index contributed by atoms with van der Waals surface area (Å²) >= 11 is 1.25. The molecule has 2 aromatic rings. The molecule has 0 saturated carbocycles. The van der Waals surface area contributed by atoms with Crippen LogP contribution in [0.4, 0.5) is 0 Å². The molecule has 5 heteroatoms. The van der Waals surface area contributed by atoms with Gasteiger partial charge in [-0.05, 0) is 31.0 Å². The molecule has 22 heavy (non-hydrogen) atoms. The molecule has 1 aromatic carbocycles. The van der Waals surface area contributed by atoms with E-state index in [1.54, 1.807) is 0 Å². The Hall–Kier alpha value is -2.32. The summed E-state index contributed by atoms with van der Waals surface area (Å²) in [4.78, 5) is 16.6. The van der Waals surface area contributed by atoms with Crippen LogP contribution in [-0.4, -0.2) is 18.1 Å². The molecule has 0 N–H and O–H groups in total. The summed E-state index contributed by atoms with van der Waals surface area (Å²) in [7, 11) is 1.36. The van der Waals surface area contributed by atoms with Gasteiger partial charge in [-0.25, -0.2) is 4.98 Å². The van der Waals surface area contributed by atoms with E-state index in [9.17, 15) is 10.1 Å². The summed E-state index contributed by atoms with van der Waals surface area (Å²) in [6.45, 7) is 3.74. The van der Waals surface area contributed by atoms with E-state index < -0.39 is 5.25 Å². The number of nitrogens with zero attached hydrogens (tertiary/aromatic N) is 2. The van der Waals surface area contributed by atoms with Crippen LogP contribution in [-0.2, 0) is 9.53 Å². The van der Waals surface area contributed by atoms with Crippen LogP contribution in [0.2, 0.25) is 0 Å². The van der Waals surface area contributed by atoms with Crippen LogP contribution in [0.25, 0.3) is 0 Å². The molecule has 0 aliphatic carbocycles. The van der Waals surface area contributed by atoms with Gasteiger partial charge in [-0.15, -0.1) is 0 Å². The van der Waals surface area contributed by atoms with Crippen LogP contribution in [0.3, 0.4) is 0 Å². The van der Waals surface area contributed by atoms with E-state index in [0.29, 0.717) is 10.6 Å². The lowest BCUT2D eigenvalue weighted by Crippen LogP contribution is -2.12. The normalized spacial score (nSPS) is 11.5. The number of hydrogen-bond donors (Lipinski definition) is 0. The highest BCUT2D eigenvalue weighted by molar-refractivity contribution is 8.00. The zero-order valence-corrected chi connectivity index (χ0v) is 13.5. The molecule has 0 bridgehead atoms. The molecular formula is C17H16N2O2S. The van der Waals surface area contributed by atoms with Crippen molar-refractivity contribution in [1.82, 2.24) is 4.98 Å². The number of carbonyl (C=O) groups is 1. The van der Waals surface area contributed by atoms with Crippen LogP contribution >= 0.6 is 11.8 Å². The van der Waals surface area contributed by atoms with E-state index in [1.165, 1.54) is 18.9 Å². The van der Waals surface area contributed by atoms with Crippen molar-refractivity contribution in [1.29, 1.82) is 5.26 Å². The lowest BCUT2D eigenvalue weighted by atomic mass is 10.1. The number of rotatable bonds is 4. The number of carbonyl (C=O) groups excluding carboxylic acids is 1. The summed E-state index contributed by atoms with van der Waals surface area (Å²) in [6, 6.07) is 13.4. The number of methoxy groups -OCH3 is 1. The van der Waals surface area contributed by atoms with Gasteiger partial charge < -0.3 is 4.74 Å². The molecule has 0 aliphatic heterocycles. The highest BCUT2D eigenvalue weighted by Crippen LogP contribution is 2.37. The summed E-state index contributed by atoms with van der Waals surface area (Å²) < 4.78 is 4.90. The maximum absolute atomic E-state index is 12.1. The average molecular weight is 312 g/mol. The Morgan fingerprint density at radius 2 is 2.00 bits per heavy atom. The van der Waals surface area contributed by atoms with Crippen LogP contribution in [0.1, 0.15) is 27.6 Å². The van der Waals surface area contributed by atoms with Gasteiger partial charge in [0.2, 0.25) is 0 Å². The Morgan fingerprint density at radius 1 is 1.32 bits per heavy atom. The van der Waals surface area contributed by atoms with Crippen LogP contribution < -0.4 is 0 Å². The van der Waals surface area contributed by atoms with Crippen LogP contribution in [0.15, 0.2) is 41.4 Å². The topological polar surface area (TPSA) is 63.0 Å². The van der Waals surface area contributed by atoms with E-state index in [4.69, 9.17) is 4.74 Å². The van der Waals surface area contributed by atoms with Gasteiger partial charge in [0.15, 0.2) is 0 Å². The van der Waals surface area contributed by atoms with Gasteiger partial charge in [-0.3, -0.25) is 4.79 Å². The predicted octanol–water partition coefficient (Wildman–Crippen LogP) is 3.58. The molecule has 1 atom stereocenters. The summed E-state index contributed by atoms with van der Waals surface area (Å²) in [5.41, 5.74) is 2.99. The first-order chi connectivity index (χ1) is 10.6. The van der Waals surface area contributed by atoms with Gasteiger partial charge in [0.05, 0.1) is 12.7 Å². The van der Waals surface area contributed by atoms with Crippen molar-refractivity contribution < 1.29 is 9.53 Å². The molecule has 0 unspecified atom stereocenters. The number of hydrogen-bond acceptors (Lipinski definition) is 5. The third kappa shape index (κ3) is 3.46. The van der Waals surface area contributed by atoms with Gasteiger partial charge in [0.1, 0.15) is 16.3 Å². The maximum atomic E-state index is 12.1. The van der Waals surface area contributed by atoms with Crippen molar-refractivity contribution in [3.05, 3.63) is 58.8 Å². The first-order valence-electron chi connectivity index (χ1n) is 6.74. The highest BCUT2D eigenvalue weighted by Gasteiger charge is 2.25. The lowest BCUT2D eigenvalue weighted by molar-refractivity contribution is -0.140. The number of aryl methyl sites for hydroxylation is 2. The van der Waals surface area contributed by atoms with Gasteiger partial charge in [-0.1, -0.05) is 42.1 Å². The highest BCUT2D eigenvalue weighted by atomic mass is 32.2. The molecule has 2 rings (SSSR count). The number of aromatic nitrogens is 1. The lowest BCUT2D eigenvalue weighted by Gasteiger charge is -2.15. The minimum atomic E-state index is -0.549. The monoisotopic (exact) mass is 312 g/mol. The Bertz CT molecular complexity index is 723. The van der Waals surface area contributed by atoms with E-state index in [1.807, 2.05) is 50.2 Å². The zero-order valence-electron chi connectivity index (χ0n) is 12.7. The maximum Gasteiger partial charge on any atom is 0.323 e. The molecule has 0 radical (unpaired) electrons. The molecule has 1 heterocycles. The largest absolute Gasteiger partial charge is 0.468 e. The third-order valence-corrected chi connectivity index (χ3v) is 4.39. The number of ether oxygens (including phenoxy) is 1. The molecule has 0 spiro atoms. The van der Waals surface area contributed by atoms with Gasteiger partial charge in [-0.2, -0.15) is 5.26 Å². The molecule has 0 amide bonds. The van der Waals surface area contributed by atoms with E-state index in [2.05, 4.69) is 11.1 Å². The molecule has 112 valence electrons. The minimum absolute atomic E-state index is 0.360. The van der Waals surface area contributed by atoms with Gasteiger partial charge >= 0.3 is 5.97 Å². The Kier molecular flexibility index (Phi) is 5.18. The molecule has 1 aromatic heterocycles. The molecule has 0 saturated heterocycles. The number of nitriles is 1. The minimum Gasteiger partial charge on any atom is -0.468 e. The second-order valence-electron chi connectivity index (χ2n) is 4.80. The van der Waals surface area contributed by atoms with Crippen molar-refractivity contribution >= 4 is 17.7 Å². The van der Waals surface area contributed by atoms with Crippen molar-refractivity contribution in [2.75, 3.05) is 7.11 Å². The van der Waals surface area contributed by atoms with Crippen molar-refractivity contribution in [2.45, 2.75) is 24.1 Å². The fourth-order valence-electron chi connectivity index (χ4n) is 2.12. The standard InChI is InChI=1S/C17H16N2O2S/c1-11-9-12(2)19-16(14(11)10-18)22-15(17(20)21-3)13-7-5-4-6-8-13/h4-9,15H,1-3H3/t15-/m0/s1. The second-order valence-corrected chi connectivity index (χ2v) is 5.90. The van der Waals surface area contributed by atoms with Crippen molar-refractivity contribution in [2.24, 2.45) is 0 Å². The van der Waals surface area contributed by atoms with Gasteiger partial charge in [0.25, 0.3) is 0 Å². The number of thioether (sulfide) groups is 1. The number of benzene rings is 1. The van der Waals surface area contributed by atoms with Crippen molar-refractivity contribution in [3.8, 4) is 6.07 Å². The quantitative estimate of drug-likeness (QED) is 0.638. The average Bonchev–Trinajstić information content (AvgIpc) is 2.52. The summed E-state index contributed by atoms with van der Waals surface area (Å²) in [6.07, 6.45) is 0. The van der Waals surface area contributed by atoms with Crippen LogP contribution in [0, 0.1) is 25.2 Å². The Morgan fingerprint density at radius 3 is 2.59 bits per heavy atom. The predicted molar refractivity (Wildman–Crippen MR) is 85.5 cm³/mol. The van der Waals surface area contributed by atoms with E-state index in [0.717, 1.165) is 16.8 Å². The molecule has 0 fully saturated rings. The second kappa shape index (κ2) is 7.10. The van der Waals surface area contributed by atoms with Crippen molar-refractivity contribution in [3.63, 3.8) is 0 Å². The number of esters is 1. The van der Waals surface area contributed by atoms with E-state index in [-0.39, 0.29) is 5.97 Å². The third-order valence-electron chi connectivity index (χ3n) is 3.17. The Balaban J connectivity index is 2.45. The number of pyridine rings is 1. The van der Waals surface area contributed by atoms with Crippen LogP contribution in [0.5, 0.6) is 0 Å². The summed E-state index contributed by atoms with van der Waals surface area (Å²) in [5, 5.41) is 9.36. The Labute approximate surface area is 134 Å². The SMILES string of the molecule is COC(=O)[C@@H](Sc1nc(C)cc(C)c1C#N)c1ccccc1. The summed E-state index contributed by atoms with van der Waals surface area (Å²) in [5.74, 6) is -0.360. The fourth-order valence-corrected chi connectivity index (χ4v) is 3.35. The molecule has 4 nitrogen and oxygen atoms in total. The first-order valence-corrected chi connectivity index (χ1v) is 7.62. The van der Waals surface area contributed by atoms with Gasteiger partial charge in [0, 0.05) is 5.69 Å². The van der Waals surface area contributed by atoms with E-state index >= 15 is 0 Å². The zero-order chi connectivity index (χ0) is 16.1. The molecule has 0 aliphatic rings.